The maximum atomic E-state index is 12.2. The highest BCUT2D eigenvalue weighted by Gasteiger charge is 2.28. The molecule has 110 valence electrons. The van der Waals surface area contributed by atoms with Gasteiger partial charge in [0.1, 0.15) is 5.69 Å². The SMILES string of the molecule is CCn1cccc1C(=O)NC1CCC(C(=O)OC)CC1. The van der Waals surface area contributed by atoms with Crippen molar-refractivity contribution in [3.8, 4) is 0 Å². The molecule has 1 N–H and O–H groups in total. The van der Waals surface area contributed by atoms with Gasteiger partial charge in [0.25, 0.3) is 5.91 Å². The van der Waals surface area contributed by atoms with Gasteiger partial charge in [-0.15, -0.1) is 0 Å². The smallest absolute Gasteiger partial charge is 0.308 e. The van der Waals surface area contributed by atoms with Crippen molar-refractivity contribution in [3.05, 3.63) is 24.0 Å². The topological polar surface area (TPSA) is 60.3 Å². The van der Waals surface area contributed by atoms with Crippen LogP contribution in [0.15, 0.2) is 18.3 Å². The molecule has 0 spiro atoms. The highest BCUT2D eigenvalue weighted by Crippen LogP contribution is 2.25. The van der Waals surface area contributed by atoms with Crippen LogP contribution in [0.2, 0.25) is 0 Å². The molecule has 1 aliphatic carbocycles. The number of ether oxygens (including phenoxy) is 1. The van der Waals surface area contributed by atoms with E-state index in [2.05, 4.69) is 5.32 Å². The lowest BCUT2D eigenvalue weighted by molar-refractivity contribution is -0.146. The lowest BCUT2D eigenvalue weighted by Gasteiger charge is -2.27. The third kappa shape index (κ3) is 3.21. The number of rotatable bonds is 4. The maximum Gasteiger partial charge on any atom is 0.308 e. The number of nitrogens with zero attached hydrogens (tertiary/aromatic N) is 1. The van der Waals surface area contributed by atoms with E-state index in [-0.39, 0.29) is 23.8 Å². The number of esters is 1. The Kier molecular flexibility index (Phi) is 4.82. The highest BCUT2D eigenvalue weighted by atomic mass is 16.5. The summed E-state index contributed by atoms with van der Waals surface area (Å²) in [5.74, 6) is -0.166. The third-order valence-corrected chi connectivity index (χ3v) is 4.00. The summed E-state index contributed by atoms with van der Waals surface area (Å²) in [6.07, 6.45) is 5.14. The van der Waals surface area contributed by atoms with E-state index in [1.165, 1.54) is 7.11 Å². The molecule has 0 atom stereocenters. The van der Waals surface area contributed by atoms with Crippen molar-refractivity contribution in [2.75, 3.05) is 7.11 Å². The molecule has 0 bridgehead atoms. The van der Waals surface area contributed by atoms with Gasteiger partial charge < -0.3 is 14.6 Å². The van der Waals surface area contributed by atoms with Crippen LogP contribution in [-0.4, -0.2) is 29.6 Å². The Hall–Kier alpha value is -1.78. The molecule has 5 nitrogen and oxygen atoms in total. The molecule has 20 heavy (non-hydrogen) atoms. The van der Waals surface area contributed by atoms with Crippen LogP contribution in [0.1, 0.15) is 43.1 Å². The van der Waals surface area contributed by atoms with Gasteiger partial charge in [-0.3, -0.25) is 9.59 Å². The van der Waals surface area contributed by atoms with Gasteiger partial charge in [0, 0.05) is 18.8 Å². The molecule has 1 aromatic heterocycles. The Balaban J connectivity index is 1.86. The molecule has 0 aliphatic heterocycles. The van der Waals surface area contributed by atoms with Gasteiger partial charge in [-0.25, -0.2) is 0 Å². The maximum absolute atomic E-state index is 12.2. The molecule has 1 heterocycles. The van der Waals surface area contributed by atoms with Gasteiger partial charge in [-0.2, -0.15) is 0 Å². The fourth-order valence-corrected chi connectivity index (χ4v) is 2.80. The summed E-state index contributed by atoms with van der Waals surface area (Å²) in [7, 11) is 1.43. The first-order valence-corrected chi connectivity index (χ1v) is 7.19. The third-order valence-electron chi connectivity index (χ3n) is 4.00. The fourth-order valence-electron chi connectivity index (χ4n) is 2.80. The average Bonchev–Trinajstić information content (AvgIpc) is 2.95. The van der Waals surface area contributed by atoms with Crippen LogP contribution in [0.25, 0.3) is 0 Å². The van der Waals surface area contributed by atoms with E-state index in [0.717, 1.165) is 32.2 Å². The summed E-state index contributed by atoms with van der Waals surface area (Å²) in [6.45, 7) is 2.79. The number of carbonyl (C=O) groups excluding carboxylic acids is 2. The monoisotopic (exact) mass is 278 g/mol. The largest absolute Gasteiger partial charge is 0.469 e. The van der Waals surface area contributed by atoms with E-state index in [4.69, 9.17) is 4.74 Å². The van der Waals surface area contributed by atoms with Crippen molar-refractivity contribution in [3.63, 3.8) is 0 Å². The van der Waals surface area contributed by atoms with Crippen molar-refractivity contribution in [1.29, 1.82) is 0 Å². The van der Waals surface area contributed by atoms with Crippen LogP contribution >= 0.6 is 0 Å². The van der Waals surface area contributed by atoms with Crippen molar-refractivity contribution in [2.24, 2.45) is 5.92 Å². The average molecular weight is 278 g/mol. The highest BCUT2D eigenvalue weighted by molar-refractivity contribution is 5.92. The Morgan fingerprint density at radius 2 is 2.05 bits per heavy atom. The minimum atomic E-state index is -0.130. The number of aromatic nitrogens is 1. The molecule has 0 saturated heterocycles. The minimum Gasteiger partial charge on any atom is -0.469 e. The van der Waals surface area contributed by atoms with Gasteiger partial charge in [0.15, 0.2) is 0 Å². The molecule has 1 fully saturated rings. The van der Waals surface area contributed by atoms with E-state index in [0.29, 0.717) is 5.69 Å². The first-order valence-electron chi connectivity index (χ1n) is 7.19. The van der Waals surface area contributed by atoms with Gasteiger partial charge in [-0.1, -0.05) is 0 Å². The Bertz CT molecular complexity index is 473. The summed E-state index contributed by atoms with van der Waals surface area (Å²) < 4.78 is 6.69. The van der Waals surface area contributed by atoms with Gasteiger partial charge in [0.2, 0.25) is 0 Å². The second-order valence-corrected chi connectivity index (χ2v) is 5.22. The summed E-state index contributed by atoms with van der Waals surface area (Å²) in [4.78, 5) is 23.7. The lowest BCUT2D eigenvalue weighted by atomic mass is 9.86. The lowest BCUT2D eigenvalue weighted by Crippen LogP contribution is -2.39. The number of nitrogens with one attached hydrogen (secondary N) is 1. The normalized spacial score (nSPS) is 22.3. The van der Waals surface area contributed by atoms with Crippen LogP contribution in [-0.2, 0) is 16.1 Å². The Morgan fingerprint density at radius 1 is 1.35 bits per heavy atom. The predicted octanol–water partition coefficient (Wildman–Crippen LogP) is 1.97. The molecular formula is C15H22N2O3. The molecule has 1 aromatic rings. The van der Waals surface area contributed by atoms with Crippen LogP contribution in [0.5, 0.6) is 0 Å². The molecule has 2 rings (SSSR count). The van der Waals surface area contributed by atoms with Crippen LogP contribution in [0, 0.1) is 5.92 Å². The van der Waals surface area contributed by atoms with E-state index >= 15 is 0 Å². The first kappa shape index (κ1) is 14.6. The Morgan fingerprint density at radius 3 is 2.65 bits per heavy atom. The molecule has 1 aliphatic rings. The van der Waals surface area contributed by atoms with Crippen LogP contribution in [0.3, 0.4) is 0 Å². The zero-order valence-electron chi connectivity index (χ0n) is 12.1. The second kappa shape index (κ2) is 6.59. The van der Waals surface area contributed by atoms with Crippen LogP contribution < -0.4 is 5.32 Å². The standard InChI is InChI=1S/C15H22N2O3/c1-3-17-10-4-5-13(17)14(18)16-12-8-6-11(7-9-12)15(19)20-2/h4-5,10-12H,3,6-9H2,1-2H3,(H,16,18). The molecule has 0 unspecified atom stereocenters. The van der Waals surface area contributed by atoms with Crippen molar-refractivity contribution >= 4 is 11.9 Å². The number of methoxy groups -OCH3 is 1. The van der Waals surface area contributed by atoms with E-state index in [1.807, 2.05) is 29.8 Å². The number of amides is 1. The zero-order chi connectivity index (χ0) is 14.5. The summed E-state index contributed by atoms with van der Waals surface area (Å²) >= 11 is 0. The summed E-state index contributed by atoms with van der Waals surface area (Å²) in [6, 6.07) is 3.87. The number of hydrogen-bond acceptors (Lipinski definition) is 3. The fraction of sp³-hybridized carbons (Fsp3) is 0.600. The zero-order valence-corrected chi connectivity index (χ0v) is 12.1. The number of carbonyl (C=O) groups is 2. The summed E-state index contributed by atoms with van der Waals surface area (Å²) in [5, 5.41) is 3.06. The molecule has 0 radical (unpaired) electrons. The van der Waals surface area contributed by atoms with E-state index < -0.39 is 0 Å². The Labute approximate surface area is 119 Å². The molecule has 1 saturated carbocycles. The summed E-state index contributed by atoms with van der Waals surface area (Å²) in [5.41, 5.74) is 0.697. The van der Waals surface area contributed by atoms with Crippen molar-refractivity contribution in [2.45, 2.75) is 45.2 Å². The molecule has 0 aromatic carbocycles. The second-order valence-electron chi connectivity index (χ2n) is 5.22. The van der Waals surface area contributed by atoms with Crippen LogP contribution in [0.4, 0.5) is 0 Å². The first-order chi connectivity index (χ1) is 9.65. The van der Waals surface area contributed by atoms with Crippen molar-refractivity contribution in [1.82, 2.24) is 9.88 Å². The van der Waals surface area contributed by atoms with Gasteiger partial charge in [-0.05, 0) is 44.7 Å². The van der Waals surface area contributed by atoms with Gasteiger partial charge in [0.05, 0.1) is 13.0 Å². The number of aryl methyl sites for hydroxylation is 1. The number of hydrogen-bond donors (Lipinski definition) is 1. The molecule has 5 heteroatoms. The predicted molar refractivity (Wildman–Crippen MR) is 75.3 cm³/mol. The molecular weight excluding hydrogens is 256 g/mol. The quantitative estimate of drug-likeness (QED) is 0.857. The van der Waals surface area contributed by atoms with E-state index in [1.54, 1.807) is 0 Å². The van der Waals surface area contributed by atoms with Crippen molar-refractivity contribution < 1.29 is 14.3 Å². The van der Waals surface area contributed by atoms with E-state index in [9.17, 15) is 9.59 Å². The minimum absolute atomic E-state index is 0.00680. The molecule has 1 amide bonds. The van der Waals surface area contributed by atoms with Gasteiger partial charge >= 0.3 is 5.97 Å².